The number of halogens is 1. The first kappa shape index (κ1) is 20.8. The van der Waals surface area contributed by atoms with Gasteiger partial charge in [-0.15, -0.1) is 11.3 Å². The van der Waals surface area contributed by atoms with Crippen molar-refractivity contribution in [2.45, 2.75) is 39.0 Å². The maximum absolute atomic E-state index is 12.8. The lowest BCUT2D eigenvalue weighted by molar-refractivity contribution is -0.123. The summed E-state index contributed by atoms with van der Waals surface area (Å²) in [5.74, 6) is 0.389. The van der Waals surface area contributed by atoms with Crippen LogP contribution in [0.2, 0.25) is 5.02 Å². The van der Waals surface area contributed by atoms with Crippen LogP contribution in [-0.4, -0.2) is 41.3 Å². The quantitative estimate of drug-likeness (QED) is 0.765. The van der Waals surface area contributed by atoms with Crippen LogP contribution in [0.1, 0.15) is 53.7 Å². The fourth-order valence-electron chi connectivity index (χ4n) is 3.28. The molecule has 2 aromatic rings. The van der Waals surface area contributed by atoms with Crippen LogP contribution in [0.4, 0.5) is 0 Å². The summed E-state index contributed by atoms with van der Waals surface area (Å²) in [5, 5.41) is 6.71. The number of carbonyl (C=O) groups is 2. The molecule has 1 N–H and O–H groups in total. The number of hydrogen-bond acceptors (Lipinski definition) is 4. The zero-order valence-electron chi connectivity index (χ0n) is 16.3. The van der Waals surface area contributed by atoms with Crippen molar-refractivity contribution in [1.29, 1.82) is 0 Å². The van der Waals surface area contributed by atoms with Gasteiger partial charge in [0.15, 0.2) is 0 Å². The molecule has 1 atom stereocenters. The lowest BCUT2D eigenvalue weighted by Gasteiger charge is -2.32. The number of nitrogens with zero attached hydrogens (tertiary/aromatic N) is 2. The summed E-state index contributed by atoms with van der Waals surface area (Å²) >= 11 is 7.58. The first-order valence-corrected chi connectivity index (χ1v) is 11.0. The molecule has 3 rings (SSSR count). The van der Waals surface area contributed by atoms with Crippen LogP contribution in [0, 0.1) is 5.92 Å². The largest absolute Gasteiger partial charge is 0.355 e. The third kappa shape index (κ3) is 5.32. The average Bonchev–Trinajstić information content (AvgIpc) is 3.17. The molecule has 1 aliphatic heterocycles. The van der Waals surface area contributed by atoms with E-state index in [-0.39, 0.29) is 23.7 Å². The van der Waals surface area contributed by atoms with Gasteiger partial charge in [0.05, 0.1) is 10.7 Å². The minimum Gasteiger partial charge on any atom is -0.355 e. The highest BCUT2D eigenvalue weighted by Crippen LogP contribution is 2.30. The summed E-state index contributed by atoms with van der Waals surface area (Å²) in [6.07, 6.45) is 2.75. The number of amides is 2. The topological polar surface area (TPSA) is 62.3 Å². The number of thiazole rings is 1. The van der Waals surface area contributed by atoms with Gasteiger partial charge >= 0.3 is 0 Å². The molecule has 2 amide bonds. The smallest absolute Gasteiger partial charge is 0.253 e. The van der Waals surface area contributed by atoms with E-state index in [0.717, 1.165) is 36.5 Å². The number of piperidine rings is 1. The van der Waals surface area contributed by atoms with E-state index < -0.39 is 0 Å². The third-order valence-corrected chi connectivity index (χ3v) is 6.23. The molecule has 1 saturated heterocycles. The molecule has 0 saturated carbocycles. The molecule has 28 heavy (non-hydrogen) atoms. The van der Waals surface area contributed by atoms with Crippen LogP contribution in [0.15, 0.2) is 29.6 Å². The number of hydrogen-bond donors (Lipinski definition) is 1. The van der Waals surface area contributed by atoms with Crippen LogP contribution >= 0.6 is 22.9 Å². The fraction of sp³-hybridized carbons (Fsp3) is 0.476. The maximum atomic E-state index is 12.8. The molecule has 150 valence electrons. The summed E-state index contributed by atoms with van der Waals surface area (Å²) in [6, 6.07) is 7.06. The number of rotatable bonds is 6. The fourth-order valence-corrected chi connectivity index (χ4v) is 4.39. The van der Waals surface area contributed by atoms with Crippen LogP contribution in [0.3, 0.4) is 0 Å². The highest BCUT2D eigenvalue weighted by atomic mass is 35.5. The van der Waals surface area contributed by atoms with Gasteiger partial charge < -0.3 is 10.2 Å². The second kappa shape index (κ2) is 9.52. The number of likely N-dealkylation sites (tertiary alicyclic amines) is 1. The second-order valence-electron chi connectivity index (χ2n) is 7.47. The highest BCUT2D eigenvalue weighted by molar-refractivity contribution is 7.09. The van der Waals surface area contributed by atoms with E-state index in [1.165, 1.54) is 0 Å². The van der Waals surface area contributed by atoms with E-state index in [9.17, 15) is 9.59 Å². The molecule has 0 spiro atoms. The predicted octanol–water partition coefficient (Wildman–Crippen LogP) is 4.13. The van der Waals surface area contributed by atoms with Gasteiger partial charge in [0.1, 0.15) is 0 Å². The lowest BCUT2D eigenvalue weighted by atomic mass is 9.98. The number of aromatic nitrogens is 1. The zero-order chi connectivity index (χ0) is 20.1. The molecule has 0 aliphatic carbocycles. The molecule has 0 radical (unpaired) electrons. The molecule has 1 aliphatic rings. The molecule has 0 bridgehead atoms. The van der Waals surface area contributed by atoms with Crippen molar-refractivity contribution in [1.82, 2.24) is 15.2 Å². The number of carbonyl (C=O) groups excluding carboxylic acids is 2. The standard InChI is InChI=1S/C21H26ClN3O2S/c1-14(2)19(26)23-10-9-18-13-28-20(24-18)16-4-3-11-25(12-16)21(27)15-5-7-17(22)8-6-15/h5-8,13-14,16H,3-4,9-12H2,1-2H3,(H,23,26)/t16-/m0/s1. The Balaban J connectivity index is 1.57. The second-order valence-corrected chi connectivity index (χ2v) is 8.80. The molecular formula is C21H26ClN3O2S. The van der Waals surface area contributed by atoms with Gasteiger partial charge in [-0.1, -0.05) is 25.4 Å². The third-order valence-electron chi connectivity index (χ3n) is 4.92. The molecule has 1 aromatic heterocycles. The van der Waals surface area contributed by atoms with Crippen molar-refractivity contribution in [2.75, 3.05) is 19.6 Å². The van der Waals surface area contributed by atoms with Gasteiger partial charge in [-0.3, -0.25) is 9.59 Å². The Bertz CT molecular complexity index is 819. The number of nitrogens with one attached hydrogen (secondary N) is 1. The first-order chi connectivity index (χ1) is 13.4. The predicted molar refractivity (Wildman–Crippen MR) is 113 cm³/mol. The van der Waals surface area contributed by atoms with Crippen molar-refractivity contribution in [3.8, 4) is 0 Å². The molecule has 1 fully saturated rings. The normalized spacial score (nSPS) is 17.0. The Morgan fingerprint density at radius 2 is 2.07 bits per heavy atom. The van der Waals surface area contributed by atoms with E-state index in [2.05, 4.69) is 10.7 Å². The minimum atomic E-state index is -0.00241. The van der Waals surface area contributed by atoms with Crippen molar-refractivity contribution in [2.24, 2.45) is 5.92 Å². The van der Waals surface area contributed by atoms with Crippen LogP contribution in [0.5, 0.6) is 0 Å². The summed E-state index contributed by atoms with van der Waals surface area (Å²) in [7, 11) is 0. The van der Waals surface area contributed by atoms with Gasteiger partial charge in [-0.05, 0) is 37.1 Å². The van der Waals surface area contributed by atoms with Crippen molar-refractivity contribution in [3.05, 3.63) is 50.9 Å². The molecular weight excluding hydrogens is 394 g/mol. The SMILES string of the molecule is CC(C)C(=O)NCCc1csc([C@H]2CCCN(C(=O)c3ccc(Cl)cc3)C2)n1. The van der Waals surface area contributed by atoms with E-state index in [0.29, 0.717) is 23.7 Å². The highest BCUT2D eigenvalue weighted by Gasteiger charge is 2.27. The molecule has 1 aromatic carbocycles. The van der Waals surface area contributed by atoms with Gasteiger partial charge in [0.2, 0.25) is 5.91 Å². The number of benzene rings is 1. The Morgan fingerprint density at radius 1 is 1.32 bits per heavy atom. The van der Waals surface area contributed by atoms with Gasteiger partial charge in [0.25, 0.3) is 5.91 Å². The molecule has 2 heterocycles. The summed E-state index contributed by atoms with van der Waals surface area (Å²) in [6.45, 7) is 5.84. The van der Waals surface area contributed by atoms with Crippen molar-refractivity contribution < 1.29 is 9.59 Å². The maximum Gasteiger partial charge on any atom is 0.253 e. The van der Waals surface area contributed by atoms with E-state index in [4.69, 9.17) is 16.6 Å². The lowest BCUT2D eigenvalue weighted by Crippen LogP contribution is -2.39. The van der Waals surface area contributed by atoms with E-state index >= 15 is 0 Å². The van der Waals surface area contributed by atoms with E-state index in [1.54, 1.807) is 35.6 Å². The van der Waals surface area contributed by atoms with Crippen LogP contribution in [0.25, 0.3) is 0 Å². The van der Waals surface area contributed by atoms with Crippen LogP contribution in [-0.2, 0) is 11.2 Å². The monoisotopic (exact) mass is 419 g/mol. The summed E-state index contributed by atoms with van der Waals surface area (Å²) < 4.78 is 0. The van der Waals surface area contributed by atoms with Crippen molar-refractivity contribution in [3.63, 3.8) is 0 Å². The van der Waals surface area contributed by atoms with E-state index in [1.807, 2.05) is 18.7 Å². The van der Waals surface area contributed by atoms with Gasteiger partial charge in [0, 0.05) is 53.9 Å². The first-order valence-electron chi connectivity index (χ1n) is 9.71. The average molecular weight is 420 g/mol. The zero-order valence-corrected chi connectivity index (χ0v) is 17.9. The summed E-state index contributed by atoms with van der Waals surface area (Å²) in [4.78, 5) is 31.1. The molecule has 0 unspecified atom stereocenters. The Morgan fingerprint density at radius 3 is 2.79 bits per heavy atom. The Hall–Kier alpha value is -1.92. The summed E-state index contributed by atoms with van der Waals surface area (Å²) in [5.41, 5.74) is 1.68. The Labute approximate surface area is 175 Å². The van der Waals surface area contributed by atoms with Crippen LogP contribution < -0.4 is 5.32 Å². The van der Waals surface area contributed by atoms with Crippen molar-refractivity contribution >= 4 is 34.8 Å². The molecule has 5 nitrogen and oxygen atoms in total. The van der Waals surface area contributed by atoms with Gasteiger partial charge in [-0.2, -0.15) is 0 Å². The minimum absolute atomic E-state index is 0.00241. The van der Waals surface area contributed by atoms with Gasteiger partial charge in [-0.25, -0.2) is 4.98 Å². The Kier molecular flexibility index (Phi) is 7.08. The molecule has 7 heteroatoms.